The Morgan fingerprint density at radius 3 is 2.78 bits per heavy atom. The summed E-state index contributed by atoms with van der Waals surface area (Å²) < 4.78 is 26.2. The van der Waals surface area contributed by atoms with Gasteiger partial charge in [0.05, 0.1) is 0 Å². The molecule has 92 valence electrons. The van der Waals surface area contributed by atoms with Crippen molar-refractivity contribution in [2.24, 2.45) is 0 Å². The van der Waals surface area contributed by atoms with Crippen molar-refractivity contribution in [2.75, 3.05) is 0 Å². The maximum Gasteiger partial charge on any atom is 0.242 e. The molecule has 2 heterocycles. The van der Waals surface area contributed by atoms with Crippen molar-refractivity contribution in [3.63, 3.8) is 0 Å². The molecule has 0 aliphatic carbocycles. The summed E-state index contributed by atoms with van der Waals surface area (Å²) in [4.78, 5) is 6.60. The van der Waals surface area contributed by atoms with Gasteiger partial charge in [0.15, 0.2) is 0 Å². The van der Waals surface area contributed by atoms with E-state index in [0.717, 1.165) is 11.8 Å². The first-order valence-electron chi connectivity index (χ1n) is 5.09. The molecule has 0 radical (unpaired) electrons. The van der Waals surface area contributed by atoms with Crippen LogP contribution in [0.5, 0.6) is 0 Å². The van der Waals surface area contributed by atoms with Crippen LogP contribution >= 0.6 is 0 Å². The number of H-pyrrole nitrogens is 1. The molecular weight excluding hydrogens is 252 g/mol. The SMILES string of the molecule is N#Cc1ccc(S(=O)(=O)NCc2cc[nH]c2)cn1. The van der Waals surface area contributed by atoms with Crippen molar-refractivity contribution < 1.29 is 8.42 Å². The van der Waals surface area contributed by atoms with Crippen molar-refractivity contribution in [2.45, 2.75) is 11.4 Å². The maximum atomic E-state index is 11.9. The first-order chi connectivity index (χ1) is 8.62. The predicted octanol–water partition coefficient (Wildman–Crippen LogP) is 0.760. The van der Waals surface area contributed by atoms with Crippen LogP contribution in [0, 0.1) is 11.3 Å². The number of nitriles is 1. The fraction of sp³-hybridized carbons (Fsp3) is 0.0909. The molecule has 0 unspecified atom stereocenters. The lowest BCUT2D eigenvalue weighted by Gasteiger charge is -2.05. The number of nitrogens with zero attached hydrogens (tertiary/aromatic N) is 2. The second-order valence-corrected chi connectivity index (χ2v) is 5.30. The third kappa shape index (κ3) is 2.74. The van der Waals surface area contributed by atoms with Crippen LogP contribution in [0.1, 0.15) is 11.3 Å². The van der Waals surface area contributed by atoms with Gasteiger partial charge in [0.2, 0.25) is 10.0 Å². The highest BCUT2D eigenvalue weighted by Gasteiger charge is 2.14. The summed E-state index contributed by atoms with van der Waals surface area (Å²) >= 11 is 0. The van der Waals surface area contributed by atoms with Crippen LogP contribution < -0.4 is 4.72 Å². The van der Waals surface area contributed by atoms with Gasteiger partial charge in [0.25, 0.3) is 0 Å². The normalized spacial score (nSPS) is 11.1. The molecule has 0 fully saturated rings. The van der Waals surface area contributed by atoms with Crippen LogP contribution in [0.15, 0.2) is 41.7 Å². The van der Waals surface area contributed by atoms with Crippen LogP contribution in [0.2, 0.25) is 0 Å². The van der Waals surface area contributed by atoms with Crippen molar-refractivity contribution in [1.29, 1.82) is 5.26 Å². The van der Waals surface area contributed by atoms with Gasteiger partial charge >= 0.3 is 0 Å². The molecule has 0 atom stereocenters. The summed E-state index contributed by atoms with van der Waals surface area (Å²) in [6.45, 7) is 0.200. The molecule has 7 heteroatoms. The Morgan fingerprint density at radius 2 is 2.22 bits per heavy atom. The van der Waals surface area contributed by atoms with Gasteiger partial charge in [-0.15, -0.1) is 0 Å². The number of pyridine rings is 1. The van der Waals surface area contributed by atoms with Gasteiger partial charge in [-0.1, -0.05) is 0 Å². The minimum Gasteiger partial charge on any atom is -0.367 e. The summed E-state index contributed by atoms with van der Waals surface area (Å²) in [7, 11) is -3.60. The number of hydrogen-bond donors (Lipinski definition) is 2. The number of sulfonamides is 1. The Hall–Kier alpha value is -2.17. The van der Waals surface area contributed by atoms with E-state index < -0.39 is 10.0 Å². The summed E-state index contributed by atoms with van der Waals surface area (Å²) in [5.41, 5.74) is 1.01. The summed E-state index contributed by atoms with van der Waals surface area (Å²) in [6, 6.07) is 6.32. The van der Waals surface area contributed by atoms with E-state index in [1.54, 1.807) is 18.5 Å². The highest BCUT2D eigenvalue weighted by atomic mass is 32.2. The fourth-order valence-electron chi connectivity index (χ4n) is 1.34. The Labute approximate surface area is 104 Å². The Morgan fingerprint density at radius 1 is 1.39 bits per heavy atom. The van der Waals surface area contributed by atoms with Crippen LogP contribution in [-0.2, 0) is 16.6 Å². The second kappa shape index (κ2) is 5.00. The maximum absolute atomic E-state index is 11.9. The van der Waals surface area contributed by atoms with Crippen LogP contribution in [0.25, 0.3) is 0 Å². The van der Waals surface area contributed by atoms with Gasteiger partial charge in [0, 0.05) is 25.1 Å². The molecule has 0 aliphatic rings. The molecule has 2 N–H and O–H groups in total. The van der Waals surface area contributed by atoms with Gasteiger partial charge < -0.3 is 4.98 Å². The fourth-order valence-corrected chi connectivity index (χ4v) is 2.30. The molecule has 2 aromatic heterocycles. The highest BCUT2D eigenvalue weighted by Crippen LogP contribution is 2.08. The highest BCUT2D eigenvalue weighted by molar-refractivity contribution is 7.89. The molecule has 0 aromatic carbocycles. The number of rotatable bonds is 4. The van der Waals surface area contributed by atoms with E-state index in [4.69, 9.17) is 5.26 Å². The van der Waals surface area contributed by atoms with Crippen LogP contribution in [-0.4, -0.2) is 18.4 Å². The Bertz CT molecular complexity index is 654. The molecule has 0 spiro atoms. The Balaban J connectivity index is 2.13. The molecule has 18 heavy (non-hydrogen) atoms. The molecular formula is C11H10N4O2S. The molecule has 6 nitrogen and oxygen atoms in total. The van der Waals surface area contributed by atoms with Gasteiger partial charge in [-0.25, -0.2) is 18.1 Å². The number of hydrogen-bond acceptors (Lipinski definition) is 4. The van der Waals surface area contributed by atoms with Crippen LogP contribution in [0.4, 0.5) is 0 Å². The topological polar surface area (TPSA) is 98.6 Å². The zero-order valence-corrected chi connectivity index (χ0v) is 10.1. The molecule has 0 amide bonds. The minimum atomic E-state index is -3.60. The number of nitrogens with one attached hydrogen (secondary N) is 2. The van der Waals surface area contributed by atoms with Crippen LogP contribution in [0.3, 0.4) is 0 Å². The summed E-state index contributed by atoms with van der Waals surface area (Å²) in [5.74, 6) is 0. The third-order valence-electron chi connectivity index (χ3n) is 2.29. The van der Waals surface area contributed by atoms with Crippen molar-refractivity contribution >= 4 is 10.0 Å². The van der Waals surface area contributed by atoms with Gasteiger partial charge in [-0.3, -0.25) is 0 Å². The first kappa shape index (κ1) is 12.3. The summed E-state index contributed by atoms with van der Waals surface area (Å²) in [5, 5.41) is 8.58. The largest absolute Gasteiger partial charge is 0.367 e. The number of aromatic amines is 1. The van der Waals surface area contributed by atoms with E-state index in [1.165, 1.54) is 12.1 Å². The molecule has 2 rings (SSSR count). The van der Waals surface area contributed by atoms with Gasteiger partial charge in [0.1, 0.15) is 16.7 Å². The molecule has 0 saturated heterocycles. The predicted molar refractivity (Wildman–Crippen MR) is 63.8 cm³/mol. The standard InChI is InChI=1S/C11H10N4O2S/c12-5-10-1-2-11(8-14-10)18(16,17)15-7-9-3-4-13-6-9/h1-4,6,8,13,15H,7H2. The molecule has 0 bridgehead atoms. The van der Waals surface area contributed by atoms with Gasteiger partial charge in [-0.2, -0.15) is 5.26 Å². The molecule has 0 aliphatic heterocycles. The zero-order valence-electron chi connectivity index (χ0n) is 9.29. The quantitative estimate of drug-likeness (QED) is 0.849. The average Bonchev–Trinajstić information content (AvgIpc) is 2.90. The third-order valence-corrected chi connectivity index (χ3v) is 3.68. The average molecular weight is 262 g/mol. The first-order valence-corrected chi connectivity index (χ1v) is 6.57. The molecule has 2 aromatic rings. The van der Waals surface area contributed by atoms with E-state index in [1.807, 2.05) is 6.07 Å². The van der Waals surface area contributed by atoms with E-state index in [9.17, 15) is 8.42 Å². The van der Waals surface area contributed by atoms with Crippen molar-refractivity contribution in [1.82, 2.24) is 14.7 Å². The van der Waals surface area contributed by atoms with E-state index in [-0.39, 0.29) is 17.1 Å². The smallest absolute Gasteiger partial charge is 0.242 e. The monoisotopic (exact) mass is 262 g/mol. The van der Waals surface area contributed by atoms with Crippen molar-refractivity contribution in [3.05, 3.63) is 48.0 Å². The number of aromatic nitrogens is 2. The van der Waals surface area contributed by atoms with E-state index in [0.29, 0.717) is 0 Å². The summed E-state index contributed by atoms with van der Waals surface area (Å²) in [6.07, 6.45) is 4.59. The lowest BCUT2D eigenvalue weighted by Crippen LogP contribution is -2.23. The van der Waals surface area contributed by atoms with E-state index in [2.05, 4.69) is 14.7 Å². The van der Waals surface area contributed by atoms with Gasteiger partial charge in [-0.05, 0) is 23.8 Å². The lowest BCUT2D eigenvalue weighted by atomic mass is 10.4. The Kier molecular flexibility index (Phi) is 3.41. The molecule has 0 saturated carbocycles. The lowest BCUT2D eigenvalue weighted by molar-refractivity contribution is 0.581. The minimum absolute atomic E-state index is 0.0389. The second-order valence-electron chi connectivity index (χ2n) is 3.53. The van der Waals surface area contributed by atoms with Crippen molar-refractivity contribution in [3.8, 4) is 6.07 Å². The zero-order chi connectivity index (χ0) is 13.0. The van der Waals surface area contributed by atoms with E-state index >= 15 is 0 Å².